The fourth-order valence-electron chi connectivity index (χ4n) is 2.61. The predicted octanol–water partition coefficient (Wildman–Crippen LogP) is 3.03. The SMILES string of the molecule is CCOc1cc(/C=N\NC(=O)C(=O)Nc2cccc3ccccc23)ccc1O. The maximum atomic E-state index is 12.1. The molecule has 3 aromatic carbocycles. The largest absolute Gasteiger partial charge is 0.504 e. The minimum Gasteiger partial charge on any atom is -0.504 e. The number of hydrazone groups is 1. The second kappa shape index (κ2) is 8.68. The van der Waals surface area contributed by atoms with Crippen LogP contribution < -0.4 is 15.5 Å². The van der Waals surface area contributed by atoms with Crippen LogP contribution in [0.5, 0.6) is 11.5 Å². The lowest BCUT2D eigenvalue weighted by atomic mass is 10.1. The fraction of sp³-hybridized carbons (Fsp3) is 0.0952. The summed E-state index contributed by atoms with van der Waals surface area (Å²) >= 11 is 0. The van der Waals surface area contributed by atoms with E-state index in [2.05, 4.69) is 15.8 Å². The third kappa shape index (κ3) is 4.45. The Morgan fingerprint density at radius 1 is 1.07 bits per heavy atom. The maximum Gasteiger partial charge on any atom is 0.329 e. The van der Waals surface area contributed by atoms with E-state index in [0.29, 0.717) is 23.6 Å². The second-order valence-corrected chi connectivity index (χ2v) is 5.84. The summed E-state index contributed by atoms with van der Waals surface area (Å²) in [6.07, 6.45) is 1.35. The molecule has 7 heteroatoms. The average Bonchev–Trinajstić information content (AvgIpc) is 2.70. The summed E-state index contributed by atoms with van der Waals surface area (Å²) in [5.41, 5.74) is 3.32. The van der Waals surface area contributed by atoms with Crippen LogP contribution in [0.2, 0.25) is 0 Å². The first-order chi connectivity index (χ1) is 13.6. The molecule has 0 aromatic heterocycles. The number of hydrogen-bond donors (Lipinski definition) is 3. The third-order valence-electron chi connectivity index (χ3n) is 3.91. The van der Waals surface area contributed by atoms with Gasteiger partial charge in [-0.2, -0.15) is 5.10 Å². The van der Waals surface area contributed by atoms with Gasteiger partial charge in [-0.15, -0.1) is 0 Å². The number of carbonyl (C=O) groups excluding carboxylic acids is 2. The Kier molecular flexibility index (Phi) is 5.86. The van der Waals surface area contributed by atoms with Gasteiger partial charge in [-0.25, -0.2) is 5.43 Å². The minimum absolute atomic E-state index is 0.0116. The minimum atomic E-state index is -0.895. The first-order valence-corrected chi connectivity index (χ1v) is 8.66. The highest BCUT2D eigenvalue weighted by Crippen LogP contribution is 2.26. The third-order valence-corrected chi connectivity index (χ3v) is 3.91. The molecule has 3 aromatic rings. The van der Waals surface area contributed by atoms with Gasteiger partial charge in [0.05, 0.1) is 12.8 Å². The van der Waals surface area contributed by atoms with Crippen LogP contribution in [0.3, 0.4) is 0 Å². The smallest absolute Gasteiger partial charge is 0.329 e. The summed E-state index contributed by atoms with van der Waals surface area (Å²) in [6, 6.07) is 17.6. The number of anilines is 1. The van der Waals surface area contributed by atoms with Crippen molar-refractivity contribution < 1.29 is 19.4 Å². The van der Waals surface area contributed by atoms with E-state index in [1.54, 1.807) is 31.2 Å². The number of fused-ring (bicyclic) bond motifs is 1. The molecule has 0 atom stereocenters. The zero-order chi connectivity index (χ0) is 19.9. The Bertz CT molecular complexity index is 1040. The van der Waals surface area contributed by atoms with Crippen molar-refractivity contribution in [2.75, 3.05) is 11.9 Å². The van der Waals surface area contributed by atoms with Crippen LogP contribution in [0.25, 0.3) is 10.8 Å². The molecule has 0 aliphatic rings. The van der Waals surface area contributed by atoms with Gasteiger partial charge in [0.15, 0.2) is 11.5 Å². The van der Waals surface area contributed by atoms with Gasteiger partial charge in [0.1, 0.15) is 0 Å². The van der Waals surface area contributed by atoms with Crippen molar-refractivity contribution in [2.24, 2.45) is 5.10 Å². The molecule has 0 fully saturated rings. The van der Waals surface area contributed by atoms with Gasteiger partial charge < -0.3 is 15.2 Å². The van der Waals surface area contributed by atoms with E-state index in [4.69, 9.17) is 4.74 Å². The first kappa shape index (κ1) is 18.9. The number of nitrogens with zero attached hydrogens (tertiary/aromatic N) is 1. The molecule has 0 unspecified atom stereocenters. The topological polar surface area (TPSA) is 100 Å². The van der Waals surface area contributed by atoms with Gasteiger partial charge in [0.2, 0.25) is 0 Å². The van der Waals surface area contributed by atoms with Crippen LogP contribution in [0.15, 0.2) is 65.8 Å². The number of aromatic hydroxyl groups is 1. The van der Waals surface area contributed by atoms with E-state index in [1.807, 2.05) is 30.3 Å². The van der Waals surface area contributed by atoms with Crippen LogP contribution in [0.1, 0.15) is 12.5 Å². The molecule has 0 spiro atoms. The molecule has 0 heterocycles. The van der Waals surface area contributed by atoms with Crippen molar-refractivity contribution >= 4 is 34.5 Å². The number of benzene rings is 3. The van der Waals surface area contributed by atoms with Gasteiger partial charge in [-0.3, -0.25) is 9.59 Å². The van der Waals surface area contributed by atoms with Crippen molar-refractivity contribution in [1.82, 2.24) is 5.43 Å². The molecular weight excluding hydrogens is 358 g/mol. The highest BCUT2D eigenvalue weighted by atomic mass is 16.5. The number of ether oxygens (including phenoxy) is 1. The number of phenols is 1. The number of hydrogen-bond acceptors (Lipinski definition) is 5. The molecule has 3 N–H and O–H groups in total. The molecule has 0 aliphatic carbocycles. The molecule has 7 nitrogen and oxygen atoms in total. The van der Waals surface area contributed by atoms with Crippen LogP contribution in [0, 0.1) is 0 Å². The fourth-order valence-corrected chi connectivity index (χ4v) is 2.61. The average molecular weight is 377 g/mol. The summed E-state index contributed by atoms with van der Waals surface area (Å²) in [7, 11) is 0. The lowest BCUT2D eigenvalue weighted by Crippen LogP contribution is -2.32. The predicted molar refractivity (Wildman–Crippen MR) is 108 cm³/mol. The Balaban J connectivity index is 1.64. The van der Waals surface area contributed by atoms with E-state index in [-0.39, 0.29) is 5.75 Å². The van der Waals surface area contributed by atoms with E-state index in [1.165, 1.54) is 12.3 Å². The van der Waals surface area contributed by atoms with Crippen molar-refractivity contribution in [3.05, 3.63) is 66.2 Å². The van der Waals surface area contributed by atoms with Crippen LogP contribution >= 0.6 is 0 Å². The van der Waals surface area contributed by atoms with Crippen molar-refractivity contribution in [3.63, 3.8) is 0 Å². The van der Waals surface area contributed by atoms with Gasteiger partial charge in [-0.1, -0.05) is 36.4 Å². The standard InChI is InChI=1S/C21H19N3O4/c1-2-28-19-12-14(10-11-18(19)25)13-22-24-21(27)20(26)23-17-9-5-7-15-6-3-4-8-16(15)17/h3-13,25H,2H2,1H3,(H,23,26)(H,24,27)/b22-13-. The summed E-state index contributed by atoms with van der Waals surface area (Å²) in [4.78, 5) is 24.1. The molecule has 0 saturated carbocycles. The lowest BCUT2D eigenvalue weighted by molar-refractivity contribution is -0.136. The molecular formula is C21H19N3O4. The molecule has 0 bridgehead atoms. The summed E-state index contributed by atoms with van der Waals surface area (Å²) in [6.45, 7) is 2.20. The number of phenolic OH excluding ortho intramolecular Hbond substituents is 1. The molecule has 0 radical (unpaired) electrons. The van der Waals surface area contributed by atoms with Gasteiger partial charge in [-0.05, 0) is 42.1 Å². The van der Waals surface area contributed by atoms with Crippen molar-refractivity contribution in [3.8, 4) is 11.5 Å². The van der Waals surface area contributed by atoms with Gasteiger partial charge in [0.25, 0.3) is 0 Å². The number of rotatable bonds is 5. The van der Waals surface area contributed by atoms with E-state index >= 15 is 0 Å². The van der Waals surface area contributed by atoms with Crippen molar-refractivity contribution in [2.45, 2.75) is 6.92 Å². The van der Waals surface area contributed by atoms with Crippen LogP contribution in [-0.2, 0) is 9.59 Å². The molecule has 0 saturated heterocycles. The number of carbonyl (C=O) groups is 2. The molecule has 28 heavy (non-hydrogen) atoms. The maximum absolute atomic E-state index is 12.1. The van der Waals surface area contributed by atoms with E-state index in [9.17, 15) is 14.7 Å². The molecule has 0 aliphatic heterocycles. The summed E-state index contributed by atoms with van der Waals surface area (Å²) < 4.78 is 5.28. The van der Waals surface area contributed by atoms with E-state index in [0.717, 1.165) is 10.8 Å². The Hall–Kier alpha value is -3.87. The Morgan fingerprint density at radius 2 is 1.86 bits per heavy atom. The van der Waals surface area contributed by atoms with Crippen LogP contribution in [-0.4, -0.2) is 29.7 Å². The molecule has 2 amide bonds. The molecule has 3 rings (SSSR count). The van der Waals surface area contributed by atoms with Gasteiger partial charge >= 0.3 is 11.8 Å². The Morgan fingerprint density at radius 3 is 2.68 bits per heavy atom. The second-order valence-electron chi connectivity index (χ2n) is 5.84. The lowest BCUT2D eigenvalue weighted by Gasteiger charge is -2.08. The number of nitrogens with one attached hydrogen (secondary N) is 2. The number of amides is 2. The molecule has 142 valence electrons. The van der Waals surface area contributed by atoms with Gasteiger partial charge in [0, 0.05) is 11.1 Å². The highest BCUT2D eigenvalue weighted by molar-refractivity contribution is 6.40. The van der Waals surface area contributed by atoms with Crippen LogP contribution in [0.4, 0.5) is 5.69 Å². The Labute approximate surface area is 161 Å². The first-order valence-electron chi connectivity index (χ1n) is 8.66. The zero-order valence-corrected chi connectivity index (χ0v) is 15.2. The monoisotopic (exact) mass is 377 g/mol. The zero-order valence-electron chi connectivity index (χ0n) is 15.2. The summed E-state index contributed by atoms with van der Waals surface area (Å²) in [5, 5.41) is 17.8. The highest BCUT2D eigenvalue weighted by Gasteiger charge is 2.14. The van der Waals surface area contributed by atoms with E-state index < -0.39 is 11.8 Å². The summed E-state index contributed by atoms with van der Waals surface area (Å²) in [5.74, 6) is -1.40. The quantitative estimate of drug-likeness (QED) is 0.361. The normalized spacial score (nSPS) is 10.8. The van der Waals surface area contributed by atoms with Crippen molar-refractivity contribution in [1.29, 1.82) is 0 Å².